The highest BCUT2D eigenvalue weighted by molar-refractivity contribution is 6.33. The quantitative estimate of drug-likeness (QED) is 0.720. The van der Waals surface area contributed by atoms with Crippen LogP contribution in [-0.4, -0.2) is 61.1 Å². The zero-order valence-corrected chi connectivity index (χ0v) is 17.7. The minimum Gasteiger partial charge on any atom is -0.496 e. The number of carbonyl (C=O) groups is 2. The van der Waals surface area contributed by atoms with Gasteiger partial charge in [-0.25, -0.2) is 4.79 Å². The Morgan fingerprint density at radius 1 is 1.11 bits per heavy atom. The number of nitrogen functional groups attached to an aromatic ring is 1. The number of amides is 3. The molecule has 0 spiro atoms. The summed E-state index contributed by atoms with van der Waals surface area (Å²) in [5.74, 6) is 0.237. The van der Waals surface area contributed by atoms with Gasteiger partial charge in [0.1, 0.15) is 5.75 Å². The molecule has 3 rings (SSSR count). The van der Waals surface area contributed by atoms with E-state index in [1.807, 2.05) is 0 Å². The molecule has 1 saturated carbocycles. The molecule has 1 saturated heterocycles. The third kappa shape index (κ3) is 5.14. The Balaban J connectivity index is 0.00000280. The van der Waals surface area contributed by atoms with Crippen LogP contribution in [0.15, 0.2) is 12.1 Å². The van der Waals surface area contributed by atoms with E-state index in [1.165, 1.54) is 26.4 Å². The number of ether oxygens (including phenoxy) is 1. The summed E-state index contributed by atoms with van der Waals surface area (Å²) in [5, 5.41) is 3.45. The molecule has 156 valence electrons. The lowest BCUT2D eigenvalue weighted by molar-refractivity contribution is 0.0659. The van der Waals surface area contributed by atoms with E-state index in [4.69, 9.17) is 22.1 Å². The molecule has 0 atom stereocenters. The van der Waals surface area contributed by atoms with Crippen molar-refractivity contribution in [2.24, 2.45) is 0 Å². The fourth-order valence-corrected chi connectivity index (χ4v) is 3.86. The van der Waals surface area contributed by atoms with Crippen LogP contribution in [0.1, 0.15) is 42.5 Å². The second-order valence-corrected chi connectivity index (χ2v) is 7.54. The van der Waals surface area contributed by atoms with Gasteiger partial charge >= 0.3 is 6.03 Å². The highest BCUT2D eigenvalue weighted by atomic mass is 35.5. The van der Waals surface area contributed by atoms with Crippen LogP contribution in [0.2, 0.25) is 5.02 Å². The molecule has 2 fully saturated rings. The maximum atomic E-state index is 12.9. The summed E-state index contributed by atoms with van der Waals surface area (Å²) in [5.41, 5.74) is 6.54. The van der Waals surface area contributed by atoms with Crippen molar-refractivity contribution in [3.63, 3.8) is 0 Å². The van der Waals surface area contributed by atoms with Crippen molar-refractivity contribution in [1.29, 1.82) is 0 Å². The lowest BCUT2D eigenvalue weighted by Gasteiger charge is -2.36. The molecule has 2 aliphatic rings. The number of halogens is 2. The van der Waals surface area contributed by atoms with Gasteiger partial charge < -0.3 is 25.6 Å². The first-order valence-corrected chi connectivity index (χ1v) is 9.85. The molecule has 1 heterocycles. The summed E-state index contributed by atoms with van der Waals surface area (Å²) in [6, 6.07) is 3.36. The van der Waals surface area contributed by atoms with Gasteiger partial charge in [-0.2, -0.15) is 0 Å². The zero-order chi connectivity index (χ0) is 19.4. The Labute approximate surface area is 176 Å². The number of rotatable bonds is 3. The van der Waals surface area contributed by atoms with E-state index in [-0.39, 0.29) is 30.4 Å². The minimum atomic E-state index is -0.166. The molecule has 3 amide bonds. The summed E-state index contributed by atoms with van der Waals surface area (Å²) in [6.45, 7) is 1.97. The highest BCUT2D eigenvalue weighted by Crippen LogP contribution is 2.30. The normalized spacial score (nSPS) is 17.6. The van der Waals surface area contributed by atoms with E-state index >= 15 is 0 Å². The van der Waals surface area contributed by atoms with Gasteiger partial charge in [-0.05, 0) is 18.9 Å². The molecule has 0 bridgehead atoms. The topological polar surface area (TPSA) is 87.9 Å². The predicted octanol–water partition coefficient (Wildman–Crippen LogP) is 3.15. The van der Waals surface area contributed by atoms with Crippen LogP contribution >= 0.6 is 24.0 Å². The monoisotopic (exact) mass is 430 g/mol. The number of hydrogen-bond donors (Lipinski definition) is 2. The predicted molar refractivity (Wildman–Crippen MR) is 113 cm³/mol. The molecule has 1 aromatic carbocycles. The van der Waals surface area contributed by atoms with Gasteiger partial charge in [0.2, 0.25) is 0 Å². The summed E-state index contributed by atoms with van der Waals surface area (Å²) < 4.78 is 5.28. The summed E-state index contributed by atoms with van der Waals surface area (Å²) in [4.78, 5) is 28.8. The first-order valence-electron chi connectivity index (χ1n) is 9.47. The van der Waals surface area contributed by atoms with Crippen LogP contribution in [0.4, 0.5) is 10.5 Å². The molecule has 0 radical (unpaired) electrons. The van der Waals surface area contributed by atoms with E-state index in [2.05, 4.69) is 5.32 Å². The van der Waals surface area contributed by atoms with Gasteiger partial charge in [-0.3, -0.25) is 4.79 Å². The average Bonchev–Trinajstić information content (AvgIpc) is 2.70. The minimum absolute atomic E-state index is 0. The number of urea groups is 1. The lowest BCUT2D eigenvalue weighted by atomic mass is 9.96. The van der Waals surface area contributed by atoms with Crippen molar-refractivity contribution in [2.75, 3.05) is 39.0 Å². The van der Waals surface area contributed by atoms with Gasteiger partial charge in [-0.15, -0.1) is 12.4 Å². The summed E-state index contributed by atoms with van der Waals surface area (Å²) in [6.07, 6.45) is 5.73. The number of carbonyl (C=O) groups excluding carboxylic acids is 2. The number of nitrogens with zero attached hydrogens (tertiary/aromatic N) is 2. The number of methoxy groups -OCH3 is 1. The molecular weight excluding hydrogens is 403 g/mol. The third-order valence-electron chi connectivity index (χ3n) is 5.34. The van der Waals surface area contributed by atoms with Crippen molar-refractivity contribution in [2.45, 2.75) is 38.1 Å². The number of piperazine rings is 1. The third-order valence-corrected chi connectivity index (χ3v) is 5.66. The standard InChI is InChI=1S/C19H27ClN4O3.ClH/c1-27-17-12-16(21)15(20)11-14(17)18(25)23-7-9-24(10-8-23)19(26)22-13-5-3-2-4-6-13;/h11-13H,2-10,21H2,1H3,(H,22,26);1H. The highest BCUT2D eigenvalue weighted by Gasteiger charge is 2.28. The molecule has 0 aromatic heterocycles. The van der Waals surface area contributed by atoms with Crippen molar-refractivity contribution in [1.82, 2.24) is 15.1 Å². The molecule has 9 heteroatoms. The Kier molecular flexibility index (Phi) is 8.07. The van der Waals surface area contributed by atoms with Crippen LogP contribution in [0.25, 0.3) is 0 Å². The van der Waals surface area contributed by atoms with Crippen molar-refractivity contribution < 1.29 is 14.3 Å². The SMILES string of the molecule is COc1cc(N)c(Cl)cc1C(=O)N1CCN(C(=O)NC2CCCCC2)CC1.Cl. The Morgan fingerprint density at radius 3 is 2.32 bits per heavy atom. The van der Waals surface area contributed by atoms with E-state index in [9.17, 15) is 9.59 Å². The van der Waals surface area contributed by atoms with E-state index in [0.29, 0.717) is 48.2 Å². The molecule has 1 aromatic rings. The van der Waals surface area contributed by atoms with Gasteiger partial charge in [0.25, 0.3) is 5.91 Å². The molecule has 1 aliphatic carbocycles. The number of nitrogens with one attached hydrogen (secondary N) is 1. The summed E-state index contributed by atoms with van der Waals surface area (Å²) >= 11 is 6.07. The zero-order valence-electron chi connectivity index (χ0n) is 16.1. The van der Waals surface area contributed by atoms with E-state index < -0.39 is 0 Å². The van der Waals surface area contributed by atoms with Crippen molar-refractivity contribution in [3.8, 4) is 5.75 Å². The number of benzene rings is 1. The molecule has 0 unspecified atom stereocenters. The maximum Gasteiger partial charge on any atom is 0.317 e. The smallest absolute Gasteiger partial charge is 0.317 e. The van der Waals surface area contributed by atoms with Crippen LogP contribution < -0.4 is 15.8 Å². The van der Waals surface area contributed by atoms with Crippen molar-refractivity contribution in [3.05, 3.63) is 22.7 Å². The van der Waals surface area contributed by atoms with Crippen LogP contribution in [0.3, 0.4) is 0 Å². The first kappa shape index (κ1) is 22.4. The van der Waals surface area contributed by atoms with Crippen LogP contribution in [0, 0.1) is 0 Å². The van der Waals surface area contributed by atoms with Gasteiger partial charge in [0.05, 0.1) is 23.4 Å². The molecule has 28 heavy (non-hydrogen) atoms. The van der Waals surface area contributed by atoms with E-state index in [0.717, 1.165) is 12.8 Å². The fraction of sp³-hybridized carbons (Fsp3) is 0.579. The largest absolute Gasteiger partial charge is 0.496 e. The number of anilines is 1. The van der Waals surface area contributed by atoms with Gasteiger partial charge in [0.15, 0.2) is 0 Å². The van der Waals surface area contributed by atoms with Crippen LogP contribution in [-0.2, 0) is 0 Å². The molecular formula is C19H28Cl2N4O3. The second-order valence-electron chi connectivity index (χ2n) is 7.14. The lowest BCUT2D eigenvalue weighted by Crippen LogP contribution is -2.54. The van der Waals surface area contributed by atoms with Gasteiger partial charge in [0, 0.05) is 38.3 Å². The molecule has 3 N–H and O–H groups in total. The maximum absolute atomic E-state index is 12.9. The fourth-order valence-electron chi connectivity index (χ4n) is 3.70. The van der Waals surface area contributed by atoms with E-state index in [1.54, 1.807) is 21.9 Å². The average molecular weight is 431 g/mol. The van der Waals surface area contributed by atoms with Crippen molar-refractivity contribution >= 4 is 41.6 Å². The second kappa shape index (κ2) is 10.1. The summed E-state index contributed by atoms with van der Waals surface area (Å²) in [7, 11) is 1.49. The van der Waals surface area contributed by atoms with Gasteiger partial charge in [-0.1, -0.05) is 30.9 Å². The first-order chi connectivity index (χ1) is 13.0. The number of nitrogens with two attached hydrogens (primary N) is 1. The molecule has 1 aliphatic heterocycles. The molecule has 7 nitrogen and oxygen atoms in total. The Hall–Kier alpha value is -1.86. The van der Waals surface area contributed by atoms with Crippen LogP contribution in [0.5, 0.6) is 5.75 Å². The Morgan fingerprint density at radius 2 is 1.71 bits per heavy atom. The number of hydrogen-bond acceptors (Lipinski definition) is 4. The Bertz CT molecular complexity index is 703.